The number of nitrogens with one attached hydrogen (secondary N) is 1. The van der Waals surface area contributed by atoms with Gasteiger partial charge in [0, 0.05) is 25.1 Å². The number of rotatable bonds is 5. The fourth-order valence-electron chi connectivity index (χ4n) is 3.85. The Morgan fingerprint density at radius 3 is 2.62 bits per heavy atom. The summed E-state index contributed by atoms with van der Waals surface area (Å²) < 4.78 is 11.2. The van der Waals surface area contributed by atoms with Crippen molar-refractivity contribution in [2.45, 2.75) is 38.7 Å². The number of H-pyrrole nitrogens is 1. The van der Waals surface area contributed by atoms with Crippen LogP contribution in [0.2, 0.25) is 0 Å². The van der Waals surface area contributed by atoms with Crippen LogP contribution in [0.4, 0.5) is 0 Å². The molecule has 1 aliphatic heterocycles. The van der Waals surface area contributed by atoms with Crippen LogP contribution in [-0.4, -0.2) is 47.1 Å². The first kappa shape index (κ1) is 19.3. The second kappa shape index (κ2) is 8.15. The molecule has 0 saturated carbocycles. The van der Waals surface area contributed by atoms with Crippen molar-refractivity contribution in [2.24, 2.45) is 0 Å². The van der Waals surface area contributed by atoms with Gasteiger partial charge in [0.25, 0.3) is 5.91 Å². The third-order valence-corrected chi connectivity index (χ3v) is 5.36. The Morgan fingerprint density at radius 1 is 1.17 bits per heavy atom. The normalized spacial score (nSPS) is 15.1. The monoisotopic (exact) mass is 393 g/mol. The van der Waals surface area contributed by atoms with Crippen LogP contribution >= 0.6 is 0 Å². The van der Waals surface area contributed by atoms with Gasteiger partial charge in [-0.25, -0.2) is 4.98 Å². The SMILES string of the molecule is COc1ccc(C(=O)N2CCC(c3nc4ccccc4[nH]3)CC2)c(OC(C)C)c1. The van der Waals surface area contributed by atoms with Crippen LogP contribution in [0.15, 0.2) is 42.5 Å². The molecule has 1 fully saturated rings. The molecule has 0 atom stereocenters. The molecule has 0 radical (unpaired) electrons. The van der Waals surface area contributed by atoms with Crippen molar-refractivity contribution in [2.75, 3.05) is 20.2 Å². The molecule has 3 aromatic rings. The van der Waals surface area contributed by atoms with Crippen molar-refractivity contribution in [1.82, 2.24) is 14.9 Å². The van der Waals surface area contributed by atoms with Gasteiger partial charge in [-0.1, -0.05) is 12.1 Å². The number of para-hydroxylation sites is 2. The third kappa shape index (κ3) is 4.06. The van der Waals surface area contributed by atoms with Crippen molar-refractivity contribution >= 4 is 16.9 Å². The molecule has 1 N–H and O–H groups in total. The summed E-state index contributed by atoms with van der Waals surface area (Å²) in [4.78, 5) is 23.3. The van der Waals surface area contributed by atoms with Gasteiger partial charge in [-0.05, 0) is 51.0 Å². The zero-order valence-electron chi connectivity index (χ0n) is 17.1. The molecule has 29 heavy (non-hydrogen) atoms. The highest BCUT2D eigenvalue weighted by molar-refractivity contribution is 5.97. The molecule has 4 rings (SSSR count). The molecule has 0 unspecified atom stereocenters. The van der Waals surface area contributed by atoms with E-state index in [1.165, 1.54) is 0 Å². The Hall–Kier alpha value is -3.02. The van der Waals surface area contributed by atoms with Gasteiger partial charge < -0.3 is 19.4 Å². The zero-order chi connectivity index (χ0) is 20.4. The number of amides is 1. The summed E-state index contributed by atoms with van der Waals surface area (Å²) in [6.45, 7) is 5.31. The van der Waals surface area contributed by atoms with Gasteiger partial charge in [-0.2, -0.15) is 0 Å². The van der Waals surface area contributed by atoms with Crippen LogP contribution in [0.25, 0.3) is 11.0 Å². The lowest BCUT2D eigenvalue weighted by Gasteiger charge is -2.31. The van der Waals surface area contributed by atoms with Crippen molar-refractivity contribution in [3.8, 4) is 11.5 Å². The van der Waals surface area contributed by atoms with Crippen LogP contribution in [0, 0.1) is 0 Å². The standard InChI is InChI=1S/C23H27N3O3/c1-15(2)29-21-14-17(28-3)8-9-18(21)23(27)26-12-10-16(11-13-26)22-24-19-6-4-5-7-20(19)25-22/h4-9,14-16H,10-13H2,1-3H3,(H,24,25). The lowest BCUT2D eigenvalue weighted by molar-refractivity contribution is 0.0705. The molecule has 2 aromatic carbocycles. The number of nitrogens with zero attached hydrogens (tertiary/aromatic N) is 2. The Labute approximate surface area is 170 Å². The van der Waals surface area contributed by atoms with Crippen molar-refractivity contribution in [3.63, 3.8) is 0 Å². The van der Waals surface area contributed by atoms with Gasteiger partial charge in [-0.3, -0.25) is 4.79 Å². The smallest absolute Gasteiger partial charge is 0.257 e. The number of fused-ring (bicyclic) bond motifs is 1. The lowest BCUT2D eigenvalue weighted by atomic mass is 9.95. The number of carbonyl (C=O) groups excluding carboxylic acids is 1. The van der Waals surface area contributed by atoms with Gasteiger partial charge in [0.15, 0.2) is 0 Å². The largest absolute Gasteiger partial charge is 0.497 e. The number of hydrogen-bond donors (Lipinski definition) is 1. The van der Waals surface area contributed by atoms with Crippen LogP contribution in [-0.2, 0) is 0 Å². The minimum absolute atomic E-state index is 0.00589. The summed E-state index contributed by atoms with van der Waals surface area (Å²) in [7, 11) is 1.61. The van der Waals surface area contributed by atoms with Gasteiger partial charge in [0.1, 0.15) is 17.3 Å². The number of carbonyl (C=O) groups is 1. The van der Waals surface area contributed by atoms with Crippen LogP contribution < -0.4 is 9.47 Å². The molecule has 1 amide bonds. The van der Waals surface area contributed by atoms with E-state index in [4.69, 9.17) is 14.5 Å². The van der Waals surface area contributed by atoms with Gasteiger partial charge in [0.2, 0.25) is 0 Å². The van der Waals surface area contributed by atoms with E-state index in [-0.39, 0.29) is 12.0 Å². The number of methoxy groups -OCH3 is 1. The van der Waals surface area contributed by atoms with E-state index in [9.17, 15) is 4.79 Å². The molecule has 0 spiro atoms. The van der Waals surface area contributed by atoms with E-state index in [1.54, 1.807) is 19.2 Å². The maximum atomic E-state index is 13.2. The summed E-state index contributed by atoms with van der Waals surface area (Å²) in [5.41, 5.74) is 2.64. The van der Waals surface area contributed by atoms with Gasteiger partial charge >= 0.3 is 0 Å². The maximum Gasteiger partial charge on any atom is 0.257 e. The summed E-state index contributed by atoms with van der Waals surface area (Å²) >= 11 is 0. The fourth-order valence-corrected chi connectivity index (χ4v) is 3.85. The van der Waals surface area contributed by atoms with Crippen molar-refractivity contribution in [3.05, 3.63) is 53.9 Å². The molecule has 6 heteroatoms. The Morgan fingerprint density at radius 2 is 1.93 bits per heavy atom. The highest BCUT2D eigenvalue weighted by atomic mass is 16.5. The number of aromatic amines is 1. The summed E-state index contributed by atoms with van der Waals surface area (Å²) in [5.74, 6) is 2.62. The number of likely N-dealkylation sites (tertiary alicyclic amines) is 1. The fraction of sp³-hybridized carbons (Fsp3) is 0.391. The number of hydrogen-bond acceptors (Lipinski definition) is 4. The molecule has 0 bridgehead atoms. The number of ether oxygens (including phenoxy) is 2. The average Bonchev–Trinajstić information content (AvgIpc) is 3.17. The highest BCUT2D eigenvalue weighted by Crippen LogP contribution is 2.31. The van der Waals surface area contributed by atoms with Crippen LogP contribution in [0.5, 0.6) is 11.5 Å². The number of piperidine rings is 1. The minimum Gasteiger partial charge on any atom is -0.497 e. The number of imidazole rings is 1. The second-order valence-electron chi connectivity index (χ2n) is 7.73. The Kier molecular flexibility index (Phi) is 5.43. The summed E-state index contributed by atoms with van der Waals surface area (Å²) in [6, 6.07) is 13.5. The average molecular weight is 393 g/mol. The van der Waals surface area contributed by atoms with E-state index in [1.807, 2.05) is 49.1 Å². The van der Waals surface area contributed by atoms with E-state index in [2.05, 4.69) is 4.98 Å². The minimum atomic E-state index is -0.0209. The number of aromatic nitrogens is 2. The quantitative estimate of drug-likeness (QED) is 0.699. The molecular weight excluding hydrogens is 366 g/mol. The number of benzene rings is 2. The van der Waals surface area contributed by atoms with E-state index in [0.717, 1.165) is 29.7 Å². The Balaban J connectivity index is 1.47. The first-order valence-corrected chi connectivity index (χ1v) is 10.1. The summed E-state index contributed by atoms with van der Waals surface area (Å²) in [6.07, 6.45) is 1.76. The third-order valence-electron chi connectivity index (χ3n) is 5.36. The van der Waals surface area contributed by atoms with Crippen molar-refractivity contribution in [1.29, 1.82) is 0 Å². The molecule has 1 aromatic heterocycles. The molecule has 152 valence electrons. The molecular formula is C23H27N3O3. The zero-order valence-corrected chi connectivity index (χ0v) is 17.1. The first-order valence-electron chi connectivity index (χ1n) is 10.1. The van der Waals surface area contributed by atoms with E-state index < -0.39 is 0 Å². The van der Waals surface area contributed by atoms with E-state index in [0.29, 0.717) is 36.1 Å². The Bertz CT molecular complexity index is 971. The second-order valence-corrected chi connectivity index (χ2v) is 7.73. The first-order chi connectivity index (χ1) is 14.0. The summed E-state index contributed by atoms with van der Waals surface area (Å²) in [5, 5.41) is 0. The van der Waals surface area contributed by atoms with Gasteiger partial charge in [0.05, 0.1) is 29.8 Å². The lowest BCUT2D eigenvalue weighted by Crippen LogP contribution is -2.38. The van der Waals surface area contributed by atoms with Crippen LogP contribution in [0.3, 0.4) is 0 Å². The van der Waals surface area contributed by atoms with Crippen LogP contribution in [0.1, 0.15) is 48.8 Å². The molecule has 1 saturated heterocycles. The molecule has 1 aliphatic rings. The molecule has 2 heterocycles. The van der Waals surface area contributed by atoms with Crippen molar-refractivity contribution < 1.29 is 14.3 Å². The topological polar surface area (TPSA) is 67.5 Å². The van der Waals surface area contributed by atoms with E-state index >= 15 is 0 Å². The molecule has 0 aliphatic carbocycles. The predicted molar refractivity (Wildman–Crippen MR) is 113 cm³/mol. The molecule has 6 nitrogen and oxygen atoms in total. The maximum absolute atomic E-state index is 13.2. The van der Waals surface area contributed by atoms with Gasteiger partial charge in [-0.15, -0.1) is 0 Å². The highest BCUT2D eigenvalue weighted by Gasteiger charge is 2.28. The predicted octanol–water partition coefficient (Wildman–Crippen LogP) is 4.38.